The summed E-state index contributed by atoms with van der Waals surface area (Å²) >= 11 is 0. The molecule has 1 unspecified atom stereocenters. The summed E-state index contributed by atoms with van der Waals surface area (Å²) in [4.78, 5) is 2.34. The van der Waals surface area contributed by atoms with Gasteiger partial charge in [0.05, 0.1) is 13.2 Å². The van der Waals surface area contributed by atoms with Crippen LogP contribution in [0.5, 0.6) is 23.0 Å². The molecule has 1 atom stereocenters. The predicted octanol–water partition coefficient (Wildman–Crippen LogP) is 3.56. The normalized spacial score (nSPS) is 19.7. The van der Waals surface area contributed by atoms with Crippen LogP contribution in [0.25, 0.3) is 11.8 Å². The molecule has 5 heteroatoms. The third-order valence-electron chi connectivity index (χ3n) is 5.42. The molecule has 2 aromatic rings. The number of nitrogens with zero attached hydrogens (tertiary/aromatic N) is 1. The molecule has 0 spiro atoms. The maximum atomic E-state index is 10.6. The first-order chi connectivity index (χ1) is 12.2. The standard InChI is InChI=1S/C20H19NO4/c1-11-19-13(3-4-16(23-2)20(19)22)7-15-14-9-18-17(24-10-25-18)8-12(14)5-6-21(11)15/h3-4,7-9,11,22H,5-6,10H2,1-2H3. The van der Waals surface area contributed by atoms with Crippen LogP contribution in [0.15, 0.2) is 24.3 Å². The van der Waals surface area contributed by atoms with Crippen LogP contribution >= 0.6 is 0 Å². The maximum absolute atomic E-state index is 10.6. The van der Waals surface area contributed by atoms with Crippen molar-refractivity contribution in [3.63, 3.8) is 0 Å². The van der Waals surface area contributed by atoms with Crippen molar-refractivity contribution in [2.24, 2.45) is 0 Å². The average Bonchev–Trinajstić information content (AvgIpc) is 3.07. The van der Waals surface area contributed by atoms with Gasteiger partial charge < -0.3 is 24.2 Å². The number of hydrogen-bond acceptors (Lipinski definition) is 5. The van der Waals surface area contributed by atoms with Crippen LogP contribution in [0, 0.1) is 0 Å². The van der Waals surface area contributed by atoms with E-state index in [4.69, 9.17) is 14.2 Å². The zero-order valence-electron chi connectivity index (χ0n) is 14.2. The van der Waals surface area contributed by atoms with E-state index in [-0.39, 0.29) is 18.6 Å². The minimum absolute atomic E-state index is 0.0728. The number of benzene rings is 2. The topological polar surface area (TPSA) is 51.2 Å². The monoisotopic (exact) mass is 337 g/mol. The summed E-state index contributed by atoms with van der Waals surface area (Å²) in [5, 5.41) is 10.6. The first-order valence-electron chi connectivity index (χ1n) is 8.48. The first-order valence-corrected chi connectivity index (χ1v) is 8.48. The highest BCUT2D eigenvalue weighted by Crippen LogP contribution is 2.49. The van der Waals surface area contributed by atoms with E-state index in [1.165, 1.54) is 16.8 Å². The van der Waals surface area contributed by atoms with E-state index < -0.39 is 0 Å². The molecular weight excluding hydrogens is 318 g/mol. The fraction of sp³-hybridized carbons (Fsp3) is 0.300. The van der Waals surface area contributed by atoms with Gasteiger partial charge in [0, 0.05) is 23.4 Å². The molecule has 3 heterocycles. The van der Waals surface area contributed by atoms with Gasteiger partial charge in [-0.05, 0) is 48.7 Å². The molecule has 5 nitrogen and oxygen atoms in total. The number of phenols is 1. The zero-order valence-corrected chi connectivity index (χ0v) is 14.2. The van der Waals surface area contributed by atoms with Gasteiger partial charge in [-0.1, -0.05) is 6.07 Å². The van der Waals surface area contributed by atoms with Gasteiger partial charge in [0.2, 0.25) is 6.79 Å². The highest BCUT2D eigenvalue weighted by Gasteiger charge is 2.34. The Morgan fingerprint density at radius 1 is 1.20 bits per heavy atom. The summed E-state index contributed by atoms with van der Waals surface area (Å²) in [6.45, 7) is 3.31. The Labute approximate surface area is 146 Å². The van der Waals surface area contributed by atoms with E-state index in [0.717, 1.165) is 35.6 Å². The van der Waals surface area contributed by atoms with E-state index in [1.807, 2.05) is 12.1 Å². The van der Waals surface area contributed by atoms with Crippen molar-refractivity contribution in [3.05, 3.63) is 46.5 Å². The van der Waals surface area contributed by atoms with Gasteiger partial charge in [-0.3, -0.25) is 0 Å². The fourth-order valence-corrected chi connectivity index (χ4v) is 4.14. The quantitative estimate of drug-likeness (QED) is 0.862. The van der Waals surface area contributed by atoms with E-state index in [9.17, 15) is 5.11 Å². The Kier molecular flexibility index (Phi) is 2.95. The molecule has 0 saturated carbocycles. The highest BCUT2D eigenvalue weighted by molar-refractivity contribution is 5.87. The van der Waals surface area contributed by atoms with Crippen LogP contribution in [-0.2, 0) is 6.42 Å². The second-order valence-corrected chi connectivity index (χ2v) is 6.63. The summed E-state index contributed by atoms with van der Waals surface area (Å²) in [6, 6.07) is 8.08. The molecule has 0 bridgehead atoms. The third kappa shape index (κ3) is 1.95. The van der Waals surface area contributed by atoms with Crippen molar-refractivity contribution in [3.8, 4) is 23.0 Å². The molecule has 0 saturated heterocycles. The lowest BCUT2D eigenvalue weighted by Crippen LogP contribution is -2.34. The Hall–Kier alpha value is -2.82. The summed E-state index contributed by atoms with van der Waals surface area (Å²) in [7, 11) is 1.58. The molecule has 5 rings (SSSR count). The Balaban J connectivity index is 1.70. The molecule has 0 fully saturated rings. The number of methoxy groups -OCH3 is 1. The van der Waals surface area contributed by atoms with E-state index in [1.54, 1.807) is 7.11 Å². The van der Waals surface area contributed by atoms with Gasteiger partial charge in [0.25, 0.3) is 0 Å². The molecule has 1 N–H and O–H groups in total. The maximum Gasteiger partial charge on any atom is 0.231 e. The summed E-state index contributed by atoms with van der Waals surface area (Å²) in [5.74, 6) is 2.39. The lowest BCUT2D eigenvalue weighted by atomic mass is 9.86. The number of aromatic hydroxyl groups is 1. The Morgan fingerprint density at radius 2 is 2.00 bits per heavy atom. The van der Waals surface area contributed by atoms with Crippen molar-refractivity contribution < 1.29 is 19.3 Å². The molecule has 3 aliphatic rings. The number of phenolic OH excluding ortho intramolecular Hbond substituents is 1. The molecular formula is C20H19NO4. The molecule has 3 aliphatic heterocycles. The SMILES string of the molecule is COc1ccc2c(c1O)C(C)N1CCc3cc4c(cc3C1=C2)OCO4. The Morgan fingerprint density at radius 3 is 2.80 bits per heavy atom. The summed E-state index contributed by atoms with van der Waals surface area (Å²) in [5.41, 5.74) is 5.59. The van der Waals surface area contributed by atoms with Crippen LogP contribution in [0.4, 0.5) is 0 Å². The fourth-order valence-electron chi connectivity index (χ4n) is 4.14. The summed E-state index contributed by atoms with van der Waals surface area (Å²) < 4.78 is 16.4. The zero-order chi connectivity index (χ0) is 17.1. The lowest BCUT2D eigenvalue weighted by molar-refractivity contribution is 0.174. The van der Waals surface area contributed by atoms with Crippen molar-refractivity contribution >= 4 is 11.8 Å². The van der Waals surface area contributed by atoms with Gasteiger partial charge in [0.1, 0.15) is 0 Å². The van der Waals surface area contributed by atoms with Crippen LogP contribution in [0.2, 0.25) is 0 Å². The van der Waals surface area contributed by atoms with E-state index in [0.29, 0.717) is 5.75 Å². The van der Waals surface area contributed by atoms with Crippen LogP contribution < -0.4 is 14.2 Å². The second kappa shape index (κ2) is 5.09. The van der Waals surface area contributed by atoms with Crippen molar-refractivity contribution in [2.45, 2.75) is 19.4 Å². The predicted molar refractivity (Wildman–Crippen MR) is 93.9 cm³/mol. The smallest absolute Gasteiger partial charge is 0.231 e. The second-order valence-electron chi connectivity index (χ2n) is 6.63. The van der Waals surface area contributed by atoms with Crippen LogP contribution in [-0.4, -0.2) is 30.5 Å². The molecule has 2 aromatic carbocycles. The average molecular weight is 337 g/mol. The number of ether oxygens (including phenoxy) is 3. The first kappa shape index (κ1) is 14.5. The van der Waals surface area contributed by atoms with Gasteiger partial charge >= 0.3 is 0 Å². The molecule has 0 radical (unpaired) electrons. The van der Waals surface area contributed by atoms with Crippen LogP contribution in [0.1, 0.15) is 35.2 Å². The van der Waals surface area contributed by atoms with Gasteiger partial charge in [-0.15, -0.1) is 0 Å². The summed E-state index contributed by atoms with van der Waals surface area (Å²) in [6.07, 6.45) is 3.09. The highest BCUT2D eigenvalue weighted by atomic mass is 16.7. The van der Waals surface area contributed by atoms with E-state index >= 15 is 0 Å². The Bertz CT molecular complexity index is 918. The van der Waals surface area contributed by atoms with Gasteiger partial charge in [-0.2, -0.15) is 0 Å². The van der Waals surface area contributed by atoms with Gasteiger partial charge in [0.15, 0.2) is 23.0 Å². The largest absolute Gasteiger partial charge is 0.504 e. The number of rotatable bonds is 1. The van der Waals surface area contributed by atoms with Crippen molar-refractivity contribution in [2.75, 3.05) is 20.4 Å². The minimum Gasteiger partial charge on any atom is -0.504 e. The van der Waals surface area contributed by atoms with Crippen LogP contribution in [0.3, 0.4) is 0 Å². The number of hydrogen-bond donors (Lipinski definition) is 1. The third-order valence-corrected chi connectivity index (χ3v) is 5.42. The van der Waals surface area contributed by atoms with E-state index in [2.05, 4.69) is 30.0 Å². The lowest BCUT2D eigenvalue weighted by Gasteiger charge is -2.41. The molecule has 0 aromatic heterocycles. The molecule has 0 amide bonds. The minimum atomic E-state index is 0.0728. The number of fused-ring (bicyclic) bond motifs is 5. The molecule has 25 heavy (non-hydrogen) atoms. The van der Waals surface area contributed by atoms with Crippen molar-refractivity contribution in [1.82, 2.24) is 4.90 Å². The van der Waals surface area contributed by atoms with Gasteiger partial charge in [-0.25, -0.2) is 0 Å². The molecule has 0 aliphatic carbocycles. The molecule has 128 valence electrons. The van der Waals surface area contributed by atoms with Crippen molar-refractivity contribution in [1.29, 1.82) is 0 Å².